The summed E-state index contributed by atoms with van der Waals surface area (Å²) in [4.78, 5) is 0. The van der Waals surface area contributed by atoms with E-state index in [2.05, 4.69) is 42.6 Å². The topological polar surface area (TPSA) is 32.3 Å². The fourth-order valence-corrected chi connectivity index (χ4v) is 2.34. The quantitative estimate of drug-likeness (QED) is 0.753. The molecular formula is C18H23NO. The zero-order valence-corrected chi connectivity index (χ0v) is 12.0. The Hall–Kier alpha value is -1.80. The number of benzene rings is 2. The van der Waals surface area contributed by atoms with Crippen LogP contribution >= 0.6 is 0 Å². The smallest absolute Gasteiger partial charge is 0.115 e. The molecule has 2 aromatic rings. The Balaban J connectivity index is 1.65. The average Bonchev–Trinajstić information content (AvgIpc) is 2.47. The van der Waals surface area contributed by atoms with Crippen molar-refractivity contribution in [1.29, 1.82) is 0 Å². The summed E-state index contributed by atoms with van der Waals surface area (Å²) in [7, 11) is 0. The highest BCUT2D eigenvalue weighted by Gasteiger charge is 2.03. The third-order valence-corrected chi connectivity index (χ3v) is 3.46. The molecule has 0 fully saturated rings. The highest BCUT2D eigenvalue weighted by Crippen LogP contribution is 2.11. The van der Waals surface area contributed by atoms with Gasteiger partial charge in [0.2, 0.25) is 0 Å². The molecule has 1 unspecified atom stereocenters. The van der Waals surface area contributed by atoms with Gasteiger partial charge < -0.3 is 10.4 Å². The van der Waals surface area contributed by atoms with Crippen LogP contribution < -0.4 is 5.32 Å². The van der Waals surface area contributed by atoms with Crippen LogP contribution in [-0.2, 0) is 12.8 Å². The first-order valence-electron chi connectivity index (χ1n) is 7.29. The van der Waals surface area contributed by atoms with Crippen LogP contribution in [0.15, 0.2) is 54.6 Å². The van der Waals surface area contributed by atoms with Crippen molar-refractivity contribution in [3.63, 3.8) is 0 Å². The lowest BCUT2D eigenvalue weighted by Gasteiger charge is -2.14. The fourth-order valence-electron chi connectivity index (χ4n) is 2.34. The summed E-state index contributed by atoms with van der Waals surface area (Å²) in [5, 5.41) is 12.8. The summed E-state index contributed by atoms with van der Waals surface area (Å²) >= 11 is 0. The number of aryl methyl sites for hydroxylation is 1. The Morgan fingerprint density at radius 1 is 0.950 bits per heavy atom. The third-order valence-electron chi connectivity index (χ3n) is 3.46. The van der Waals surface area contributed by atoms with Crippen molar-refractivity contribution in [3.05, 3.63) is 65.7 Å². The number of phenolic OH excluding ortho intramolecular Hbond substituents is 1. The summed E-state index contributed by atoms with van der Waals surface area (Å²) in [6.45, 7) is 3.24. The standard InChI is InChI=1S/C18H23NO/c1-15(14-17-9-11-18(20)12-10-17)19-13-5-8-16-6-3-2-4-7-16/h2-4,6-7,9-12,15,19-20H,5,8,13-14H2,1H3. The van der Waals surface area contributed by atoms with Crippen LogP contribution in [0.2, 0.25) is 0 Å². The first-order chi connectivity index (χ1) is 9.74. The largest absolute Gasteiger partial charge is 0.508 e. The van der Waals surface area contributed by atoms with Gasteiger partial charge in [-0.15, -0.1) is 0 Å². The SMILES string of the molecule is CC(Cc1ccc(O)cc1)NCCCc1ccccc1. The van der Waals surface area contributed by atoms with Crippen LogP contribution in [-0.4, -0.2) is 17.7 Å². The van der Waals surface area contributed by atoms with Crippen molar-refractivity contribution < 1.29 is 5.11 Å². The molecule has 0 saturated carbocycles. The summed E-state index contributed by atoms with van der Waals surface area (Å²) in [5.41, 5.74) is 2.66. The lowest BCUT2D eigenvalue weighted by Crippen LogP contribution is -2.29. The molecule has 0 bridgehead atoms. The van der Waals surface area contributed by atoms with Crippen LogP contribution in [0.3, 0.4) is 0 Å². The Labute approximate surface area is 121 Å². The molecule has 2 aromatic carbocycles. The predicted octanol–water partition coefficient (Wildman–Crippen LogP) is 3.55. The molecule has 0 heterocycles. The van der Waals surface area contributed by atoms with Gasteiger partial charge in [-0.25, -0.2) is 0 Å². The third kappa shape index (κ3) is 5.06. The lowest BCUT2D eigenvalue weighted by atomic mass is 10.1. The predicted molar refractivity (Wildman–Crippen MR) is 84.0 cm³/mol. The molecule has 0 spiro atoms. The van der Waals surface area contributed by atoms with E-state index in [-0.39, 0.29) is 0 Å². The highest BCUT2D eigenvalue weighted by atomic mass is 16.3. The van der Waals surface area contributed by atoms with Gasteiger partial charge in [-0.2, -0.15) is 0 Å². The molecular weight excluding hydrogens is 246 g/mol. The molecule has 0 aliphatic heterocycles. The molecule has 2 rings (SSSR count). The molecule has 0 aliphatic carbocycles. The minimum absolute atomic E-state index is 0.331. The van der Waals surface area contributed by atoms with E-state index in [1.165, 1.54) is 11.1 Å². The number of nitrogens with one attached hydrogen (secondary N) is 1. The number of phenols is 1. The molecule has 0 aromatic heterocycles. The monoisotopic (exact) mass is 269 g/mol. The summed E-state index contributed by atoms with van der Waals surface area (Å²) < 4.78 is 0. The minimum atomic E-state index is 0.331. The maximum atomic E-state index is 9.26. The van der Waals surface area contributed by atoms with Gasteiger partial charge in [0.1, 0.15) is 5.75 Å². The van der Waals surface area contributed by atoms with Crippen LogP contribution in [0.25, 0.3) is 0 Å². The Morgan fingerprint density at radius 3 is 2.35 bits per heavy atom. The fraction of sp³-hybridized carbons (Fsp3) is 0.333. The van der Waals surface area contributed by atoms with Gasteiger partial charge in [-0.05, 0) is 56.0 Å². The molecule has 0 amide bonds. The van der Waals surface area contributed by atoms with Crippen LogP contribution in [0, 0.1) is 0 Å². The second-order valence-electron chi connectivity index (χ2n) is 5.31. The number of aromatic hydroxyl groups is 1. The van der Waals surface area contributed by atoms with Gasteiger partial charge in [-0.3, -0.25) is 0 Å². The Morgan fingerprint density at radius 2 is 1.65 bits per heavy atom. The first-order valence-corrected chi connectivity index (χ1v) is 7.29. The van der Waals surface area contributed by atoms with Crippen molar-refractivity contribution in [3.8, 4) is 5.75 Å². The molecule has 2 heteroatoms. The van der Waals surface area contributed by atoms with E-state index >= 15 is 0 Å². The molecule has 0 aliphatic rings. The van der Waals surface area contributed by atoms with Crippen molar-refractivity contribution >= 4 is 0 Å². The molecule has 1 atom stereocenters. The van der Waals surface area contributed by atoms with E-state index in [1.807, 2.05) is 12.1 Å². The zero-order valence-electron chi connectivity index (χ0n) is 12.0. The maximum Gasteiger partial charge on any atom is 0.115 e. The van der Waals surface area contributed by atoms with Gasteiger partial charge in [-0.1, -0.05) is 42.5 Å². The van der Waals surface area contributed by atoms with E-state index in [4.69, 9.17) is 0 Å². The molecule has 106 valence electrons. The first kappa shape index (κ1) is 14.6. The Bertz CT molecular complexity index is 493. The van der Waals surface area contributed by atoms with Crippen molar-refractivity contribution in [2.75, 3.05) is 6.54 Å². The lowest BCUT2D eigenvalue weighted by molar-refractivity contribution is 0.474. The van der Waals surface area contributed by atoms with E-state index < -0.39 is 0 Å². The van der Waals surface area contributed by atoms with Crippen LogP contribution in [0.1, 0.15) is 24.5 Å². The van der Waals surface area contributed by atoms with Gasteiger partial charge in [0.25, 0.3) is 0 Å². The number of hydrogen-bond donors (Lipinski definition) is 2. The van der Waals surface area contributed by atoms with Gasteiger partial charge in [0.15, 0.2) is 0 Å². The van der Waals surface area contributed by atoms with E-state index in [9.17, 15) is 5.11 Å². The van der Waals surface area contributed by atoms with Gasteiger partial charge >= 0.3 is 0 Å². The molecule has 2 N–H and O–H groups in total. The normalized spacial score (nSPS) is 12.2. The van der Waals surface area contributed by atoms with Crippen LogP contribution in [0.5, 0.6) is 5.75 Å². The van der Waals surface area contributed by atoms with Crippen molar-refractivity contribution in [1.82, 2.24) is 5.32 Å². The van der Waals surface area contributed by atoms with Crippen molar-refractivity contribution in [2.24, 2.45) is 0 Å². The maximum absolute atomic E-state index is 9.26. The molecule has 0 radical (unpaired) electrons. The Kier molecular flexibility index (Phi) is 5.63. The number of hydrogen-bond acceptors (Lipinski definition) is 2. The van der Waals surface area contributed by atoms with E-state index in [0.29, 0.717) is 11.8 Å². The molecule has 2 nitrogen and oxygen atoms in total. The summed E-state index contributed by atoms with van der Waals surface area (Å²) in [6.07, 6.45) is 3.27. The van der Waals surface area contributed by atoms with Crippen LogP contribution in [0.4, 0.5) is 0 Å². The minimum Gasteiger partial charge on any atom is -0.508 e. The van der Waals surface area contributed by atoms with E-state index in [1.54, 1.807) is 12.1 Å². The molecule has 20 heavy (non-hydrogen) atoms. The molecule has 0 saturated heterocycles. The second kappa shape index (κ2) is 7.71. The van der Waals surface area contributed by atoms with E-state index in [0.717, 1.165) is 25.8 Å². The van der Waals surface area contributed by atoms with Gasteiger partial charge in [0, 0.05) is 6.04 Å². The second-order valence-corrected chi connectivity index (χ2v) is 5.31. The summed E-state index contributed by atoms with van der Waals surface area (Å²) in [6, 6.07) is 18.5. The highest BCUT2D eigenvalue weighted by molar-refractivity contribution is 5.26. The summed E-state index contributed by atoms with van der Waals surface area (Å²) in [5.74, 6) is 0.331. The number of rotatable bonds is 7. The van der Waals surface area contributed by atoms with Crippen molar-refractivity contribution in [2.45, 2.75) is 32.2 Å². The average molecular weight is 269 g/mol. The zero-order chi connectivity index (χ0) is 14.2. The van der Waals surface area contributed by atoms with Gasteiger partial charge in [0.05, 0.1) is 0 Å².